The van der Waals surface area contributed by atoms with Crippen LogP contribution in [-0.2, 0) is 6.54 Å². The molecule has 1 heterocycles. The third-order valence-electron chi connectivity index (χ3n) is 3.38. The monoisotopic (exact) mass is 296 g/mol. The van der Waals surface area contributed by atoms with Gasteiger partial charge in [0.1, 0.15) is 0 Å². The topological polar surface area (TPSA) is 78.9 Å². The number of nitrogens with zero attached hydrogens (tertiary/aromatic N) is 1. The van der Waals surface area contributed by atoms with Crippen LogP contribution in [-0.4, -0.2) is 22.6 Å². The first-order chi connectivity index (χ1) is 10.7. The molecule has 0 spiro atoms. The zero-order valence-corrected chi connectivity index (χ0v) is 12.1. The van der Waals surface area contributed by atoms with Crippen LogP contribution in [0, 0.1) is 0 Å². The van der Waals surface area contributed by atoms with E-state index in [9.17, 15) is 9.59 Å². The van der Waals surface area contributed by atoms with Crippen LogP contribution in [0.1, 0.15) is 5.56 Å². The van der Waals surface area contributed by atoms with Crippen molar-refractivity contribution in [2.24, 2.45) is 0 Å². The lowest BCUT2D eigenvalue weighted by atomic mass is 10.2. The van der Waals surface area contributed by atoms with Crippen molar-refractivity contribution in [2.45, 2.75) is 6.54 Å². The highest BCUT2D eigenvalue weighted by Crippen LogP contribution is 2.12. The average Bonchev–Trinajstić information content (AvgIpc) is 2.85. The molecule has 6 nitrogen and oxygen atoms in total. The summed E-state index contributed by atoms with van der Waals surface area (Å²) in [4.78, 5) is 26.9. The van der Waals surface area contributed by atoms with Crippen LogP contribution in [0.25, 0.3) is 11.0 Å². The Bertz CT molecular complexity index is 862. The number of anilines is 1. The molecule has 0 unspecified atom stereocenters. The molecule has 0 aliphatic heterocycles. The van der Waals surface area contributed by atoms with Crippen molar-refractivity contribution in [3.63, 3.8) is 0 Å². The Balaban J connectivity index is 1.87. The normalized spacial score (nSPS) is 10.8. The van der Waals surface area contributed by atoms with Gasteiger partial charge in [-0.3, -0.25) is 0 Å². The van der Waals surface area contributed by atoms with Crippen LogP contribution < -0.4 is 16.3 Å². The van der Waals surface area contributed by atoms with Crippen molar-refractivity contribution >= 4 is 22.8 Å². The van der Waals surface area contributed by atoms with E-state index in [2.05, 4.69) is 15.6 Å². The van der Waals surface area contributed by atoms with Gasteiger partial charge in [-0.05, 0) is 36.9 Å². The number of aromatic amines is 1. The van der Waals surface area contributed by atoms with Crippen molar-refractivity contribution in [3.8, 4) is 0 Å². The van der Waals surface area contributed by atoms with E-state index in [4.69, 9.17) is 0 Å². The number of hydrogen-bond acceptors (Lipinski definition) is 3. The van der Waals surface area contributed by atoms with E-state index in [1.807, 2.05) is 31.3 Å². The summed E-state index contributed by atoms with van der Waals surface area (Å²) in [5.41, 5.74) is 2.49. The van der Waals surface area contributed by atoms with Crippen LogP contribution in [0.4, 0.5) is 10.5 Å². The van der Waals surface area contributed by atoms with E-state index in [0.29, 0.717) is 16.7 Å². The summed E-state index contributed by atoms with van der Waals surface area (Å²) >= 11 is 0. The molecule has 0 aliphatic carbocycles. The third kappa shape index (κ3) is 2.64. The summed E-state index contributed by atoms with van der Waals surface area (Å²) in [6.45, 7) is 0.760. The molecular formula is C16H16N4O2. The maximum atomic E-state index is 12.3. The Morgan fingerprint density at radius 2 is 1.86 bits per heavy atom. The van der Waals surface area contributed by atoms with E-state index in [1.165, 1.54) is 0 Å². The molecule has 3 rings (SSSR count). The largest absolute Gasteiger partial charge is 0.334 e. The first kappa shape index (κ1) is 14.1. The zero-order valence-electron chi connectivity index (χ0n) is 12.1. The molecule has 22 heavy (non-hydrogen) atoms. The van der Waals surface area contributed by atoms with Gasteiger partial charge in [-0.2, -0.15) is 0 Å². The van der Waals surface area contributed by atoms with Crippen LogP contribution >= 0.6 is 0 Å². The molecule has 112 valence electrons. The minimum Gasteiger partial charge on any atom is -0.316 e. The first-order valence-corrected chi connectivity index (χ1v) is 6.93. The van der Waals surface area contributed by atoms with Gasteiger partial charge in [-0.25, -0.2) is 14.2 Å². The highest BCUT2D eigenvalue weighted by Gasteiger charge is 2.13. The maximum Gasteiger partial charge on any atom is 0.334 e. The van der Waals surface area contributed by atoms with Crippen LogP contribution in [0.3, 0.4) is 0 Å². The third-order valence-corrected chi connectivity index (χ3v) is 3.38. The number of hydrogen-bond donors (Lipinski definition) is 3. The molecule has 1 aromatic heterocycles. The van der Waals surface area contributed by atoms with Crippen LogP contribution in [0.15, 0.2) is 53.3 Å². The summed E-state index contributed by atoms with van der Waals surface area (Å²) in [6, 6.07) is 14.1. The molecule has 0 aliphatic rings. The number of fused-ring (bicyclic) bond motifs is 1. The number of carbonyl (C=O) groups excluding carboxylic acids is 1. The summed E-state index contributed by atoms with van der Waals surface area (Å²) < 4.78 is 1.09. The number of carbonyl (C=O) groups is 1. The van der Waals surface area contributed by atoms with E-state index < -0.39 is 11.7 Å². The number of imidazole rings is 1. The molecule has 0 atom stereocenters. The summed E-state index contributed by atoms with van der Waals surface area (Å²) in [7, 11) is 1.87. The van der Waals surface area contributed by atoms with Gasteiger partial charge in [0.05, 0.1) is 11.0 Å². The highest BCUT2D eigenvalue weighted by molar-refractivity contribution is 5.97. The van der Waals surface area contributed by atoms with Crippen molar-refractivity contribution < 1.29 is 4.79 Å². The molecule has 0 saturated heterocycles. The molecule has 0 bridgehead atoms. The number of amides is 1. The van der Waals surface area contributed by atoms with Crippen LogP contribution in [0.5, 0.6) is 0 Å². The predicted octanol–water partition coefficient (Wildman–Crippen LogP) is 2.13. The number of rotatable bonds is 3. The Kier molecular flexibility index (Phi) is 3.76. The van der Waals surface area contributed by atoms with Gasteiger partial charge in [-0.1, -0.05) is 24.3 Å². The van der Waals surface area contributed by atoms with Crippen LogP contribution in [0.2, 0.25) is 0 Å². The Hall–Kier alpha value is -2.86. The van der Waals surface area contributed by atoms with E-state index in [-0.39, 0.29) is 0 Å². The van der Waals surface area contributed by atoms with Crippen molar-refractivity contribution in [1.82, 2.24) is 14.9 Å². The Labute approximate surface area is 126 Å². The second-order valence-electron chi connectivity index (χ2n) is 4.94. The molecule has 3 aromatic rings. The number of nitrogens with one attached hydrogen (secondary N) is 3. The lowest BCUT2D eigenvalue weighted by molar-refractivity contribution is 0.253. The molecular weight excluding hydrogens is 280 g/mol. The summed E-state index contributed by atoms with van der Waals surface area (Å²) in [5.74, 6) is 0. The number of para-hydroxylation sites is 2. The standard InChI is InChI=1S/C16H16N4O2/c1-17-10-11-6-8-12(9-7-11)18-15(21)20-14-5-3-2-4-13(14)19-16(20)22/h2-9,17H,10H2,1H3,(H,18,21)(H,19,22). The lowest BCUT2D eigenvalue weighted by Gasteiger charge is -2.07. The number of benzene rings is 2. The minimum absolute atomic E-state index is 0.453. The van der Waals surface area contributed by atoms with E-state index >= 15 is 0 Å². The molecule has 0 radical (unpaired) electrons. The fourth-order valence-corrected chi connectivity index (χ4v) is 2.35. The van der Waals surface area contributed by atoms with Gasteiger partial charge in [0, 0.05) is 12.2 Å². The van der Waals surface area contributed by atoms with E-state index in [0.717, 1.165) is 16.7 Å². The summed E-state index contributed by atoms with van der Waals surface area (Å²) in [5, 5.41) is 5.79. The fraction of sp³-hybridized carbons (Fsp3) is 0.125. The fourth-order valence-electron chi connectivity index (χ4n) is 2.35. The van der Waals surface area contributed by atoms with Gasteiger partial charge in [0.2, 0.25) is 0 Å². The SMILES string of the molecule is CNCc1ccc(NC(=O)n2c(=O)[nH]c3ccccc32)cc1. The predicted molar refractivity (Wildman–Crippen MR) is 86.2 cm³/mol. The van der Waals surface area contributed by atoms with E-state index in [1.54, 1.807) is 24.3 Å². The summed E-state index contributed by atoms with van der Waals surface area (Å²) in [6.07, 6.45) is 0. The lowest BCUT2D eigenvalue weighted by Crippen LogP contribution is -2.29. The smallest absolute Gasteiger partial charge is 0.316 e. The Morgan fingerprint density at radius 3 is 2.59 bits per heavy atom. The number of H-pyrrole nitrogens is 1. The van der Waals surface area contributed by atoms with Crippen molar-refractivity contribution in [2.75, 3.05) is 12.4 Å². The molecule has 3 N–H and O–H groups in total. The van der Waals surface area contributed by atoms with Gasteiger partial charge >= 0.3 is 11.7 Å². The molecule has 0 fully saturated rings. The second kappa shape index (κ2) is 5.87. The van der Waals surface area contributed by atoms with Gasteiger partial charge in [0.15, 0.2) is 0 Å². The van der Waals surface area contributed by atoms with Gasteiger partial charge in [-0.15, -0.1) is 0 Å². The number of aromatic nitrogens is 2. The second-order valence-corrected chi connectivity index (χ2v) is 4.94. The maximum absolute atomic E-state index is 12.3. The van der Waals surface area contributed by atoms with Crippen molar-refractivity contribution in [3.05, 3.63) is 64.6 Å². The first-order valence-electron chi connectivity index (χ1n) is 6.93. The highest BCUT2D eigenvalue weighted by atomic mass is 16.2. The average molecular weight is 296 g/mol. The quantitative estimate of drug-likeness (QED) is 0.693. The van der Waals surface area contributed by atoms with Crippen molar-refractivity contribution in [1.29, 1.82) is 0 Å². The Morgan fingerprint density at radius 1 is 1.14 bits per heavy atom. The zero-order chi connectivity index (χ0) is 15.5. The van der Waals surface area contributed by atoms with Gasteiger partial charge < -0.3 is 15.6 Å². The minimum atomic E-state index is -0.483. The molecule has 1 amide bonds. The molecule has 0 saturated carbocycles. The molecule has 2 aromatic carbocycles. The van der Waals surface area contributed by atoms with Gasteiger partial charge in [0.25, 0.3) is 0 Å². The molecule has 6 heteroatoms.